The Morgan fingerprint density at radius 1 is 1.44 bits per heavy atom. The van der Waals surface area contributed by atoms with Gasteiger partial charge in [-0.25, -0.2) is 8.51 Å². The van der Waals surface area contributed by atoms with Gasteiger partial charge in [0.1, 0.15) is 0 Å². The standard InChI is InChI=1S/C6H13NOS/c1-7(2)9(8)6-4-3-5-6/h6H,3-5H2,1-2H3. The number of nitrogens with zero attached hydrogens (tertiary/aromatic N) is 1. The topological polar surface area (TPSA) is 20.3 Å². The summed E-state index contributed by atoms with van der Waals surface area (Å²) < 4.78 is 13.0. The van der Waals surface area contributed by atoms with Gasteiger partial charge in [0.25, 0.3) is 0 Å². The molecule has 0 radical (unpaired) electrons. The third-order valence-corrected chi connectivity index (χ3v) is 3.46. The van der Waals surface area contributed by atoms with E-state index in [9.17, 15) is 4.21 Å². The third-order valence-electron chi connectivity index (χ3n) is 1.70. The van der Waals surface area contributed by atoms with Crippen LogP contribution in [0.2, 0.25) is 0 Å². The van der Waals surface area contributed by atoms with E-state index in [1.165, 1.54) is 6.42 Å². The van der Waals surface area contributed by atoms with Gasteiger partial charge in [-0.2, -0.15) is 0 Å². The highest BCUT2D eigenvalue weighted by atomic mass is 32.2. The summed E-state index contributed by atoms with van der Waals surface area (Å²) in [5, 5.41) is 0.472. The second-order valence-electron chi connectivity index (χ2n) is 2.64. The summed E-state index contributed by atoms with van der Waals surface area (Å²) in [6.07, 6.45) is 3.58. The van der Waals surface area contributed by atoms with Crippen LogP contribution in [0.5, 0.6) is 0 Å². The summed E-state index contributed by atoms with van der Waals surface area (Å²) in [4.78, 5) is 0. The first-order valence-corrected chi connectivity index (χ1v) is 4.47. The summed E-state index contributed by atoms with van der Waals surface area (Å²) in [7, 11) is 3.04. The molecule has 54 valence electrons. The molecule has 0 saturated heterocycles. The monoisotopic (exact) mass is 147 g/mol. The van der Waals surface area contributed by atoms with Crippen LogP contribution in [-0.4, -0.2) is 27.9 Å². The number of hydrogen-bond donors (Lipinski definition) is 0. The summed E-state index contributed by atoms with van der Waals surface area (Å²) in [5.74, 6) is 0. The molecule has 1 fully saturated rings. The van der Waals surface area contributed by atoms with Crippen LogP contribution < -0.4 is 0 Å². The molecule has 0 aromatic rings. The van der Waals surface area contributed by atoms with E-state index in [-0.39, 0.29) is 0 Å². The van der Waals surface area contributed by atoms with Crippen molar-refractivity contribution in [2.75, 3.05) is 14.1 Å². The van der Waals surface area contributed by atoms with Crippen molar-refractivity contribution < 1.29 is 4.21 Å². The van der Waals surface area contributed by atoms with E-state index >= 15 is 0 Å². The summed E-state index contributed by atoms with van der Waals surface area (Å²) in [6, 6.07) is 0. The van der Waals surface area contributed by atoms with Crippen LogP contribution in [0, 0.1) is 0 Å². The highest BCUT2D eigenvalue weighted by molar-refractivity contribution is 7.83. The van der Waals surface area contributed by atoms with Crippen molar-refractivity contribution in [1.82, 2.24) is 4.31 Å². The first-order chi connectivity index (χ1) is 4.22. The quantitative estimate of drug-likeness (QED) is 0.565. The minimum Gasteiger partial charge on any atom is -0.242 e. The van der Waals surface area contributed by atoms with Crippen LogP contribution in [-0.2, 0) is 11.0 Å². The van der Waals surface area contributed by atoms with Crippen LogP contribution in [0.3, 0.4) is 0 Å². The fourth-order valence-corrected chi connectivity index (χ4v) is 2.20. The van der Waals surface area contributed by atoms with Crippen molar-refractivity contribution in [2.45, 2.75) is 24.5 Å². The second-order valence-corrected chi connectivity index (χ2v) is 4.59. The Bertz CT molecular complexity index is 120. The minimum absolute atomic E-state index is 0.472. The van der Waals surface area contributed by atoms with Gasteiger partial charge in [0.2, 0.25) is 0 Å². The third kappa shape index (κ3) is 1.52. The molecule has 1 saturated carbocycles. The Balaban J connectivity index is 2.32. The molecule has 0 spiro atoms. The van der Waals surface area contributed by atoms with Crippen LogP contribution in [0.25, 0.3) is 0 Å². The van der Waals surface area contributed by atoms with Gasteiger partial charge in [0.15, 0.2) is 0 Å². The van der Waals surface area contributed by atoms with E-state index in [4.69, 9.17) is 0 Å². The van der Waals surface area contributed by atoms with Gasteiger partial charge in [-0.3, -0.25) is 0 Å². The molecular formula is C6H13NOS. The Morgan fingerprint density at radius 2 is 2.00 bits per heavy atom. The predicted octanol–water partition coefficient (Wildman–Crippen LogP) is 0.764. The van der Waals surface area contributed by atoms with E-state index in [0.29, 0.717) is 5.25 Å². The van der Waals surface area contributed by atoms with Gasteiger partial charge in [0.05, 0.1) is 11.0 Å². The van der Waals surface area contributed by atoms with Crippen molar-refractivity contribution in [3.63, 3.8) is 0 Å². The Labute approximate surface area is 58.8 Å². The molecule has 0 heterocycles. The zero-order valence-electron chi connectivity index (χ0n) is 5.96. The molecule has 0 N–H and O–H groups in total. The number of hydrogen-bond acceptors (Lipinski definition) is 1. The van der Waals surface area contributed by atoms with E-state index in [1.807, 2.05) is 14.1 Å². The average molecular weight is 147 g/mol. The first-order valence-electron chi connectivity index (χ1n) is 3.30. The highest BCUT2D eigenvalue weighted by Crippen LogP contribution is 2.24. The fraction of sp³-hybridized carbons (Fsp3) is 1.00. The van der Waals surface area contributed by atoms with Crippen LogP contribution >= 0.6 is 0 Å². The molecule has 1 rings (SSSR count). The maximum absolute atomic E-state index is 11.2. The molecule has 0 amide bonds. The fourth-order valence-electron chi connectivity index (χ4n) is 0.871. The van der Waals surface area contributed by atoms with Crippen molar-refractivity contribution in [1.29, 1.82) is 0 Å². The zero-order valence-corrected chi connectivity index (χ0v) is 6.78. The average Bonchev–Trinajstić information content (AvgIpc) is 1.60. The Morgan fingerprint density at radius 3 is 2.11 bits per heavy atom. The van der Waals surface area contributed by atoms with Crippen molar-refractivity contribution in [3.05, 3.63) is 0 Å². The Kier molecular flexibility index (Phi) is 2.24. The smallest absolute Gasteiger partial charge is 0.0968 e. The van der Waals surface area contributed by atoms with Crippen molar-refractivity contribution >= 4 is 11.0 Å². The largest absolute Gasteiger partial charge is 0.242 e. The van der Waals surface area contributed by atoms with Gasteiger partial charge in [-0.1, -0.05) is 6.42 Å². The van der Waals surface area contributed by atoms with E-state index in [1.54, 1.807) is 4.31 Å². The molecule has 1 aliphatic rings. The summed E-state index contributed by atoms with van der Waals surface area (Å²) in [6.45, 7) is 0. The van der Waals surface area contributed by atoms with Crippen LogP contribution in [0.4, 0.5) is 0 Å². The molecule has 2 nitrogen and oxygen atoms in total. The van der Waals surface area contributed by atoms with Gasteiger partial charge in [-0.05, 0) is 26.9 Å². The molecule has 3 heteroatoms. The molecule has 1 aliphatic carbocycles. The van der Waals surface area contributed by atoms with Gasteiger partial charge in [0, 0.05) is 5.25 Å². The molecular weight excluding hydrogens is 134 g/mol. The van der Waals surface area contributed by atoms with E-state index in [0.717, 1.165) is 12.8 Å². The van der Waals surface area contributed by atoms with Crippen molar-refractivity contribution in [3.8, 4) is 0 Å². The SMILES string of the molecule is CN(C)S(=O)C1CCC1. The molecule has 9 heavy (non-hydrogen) atoms. The molecule has 0 aromatic heterocycles. The van der Waals surface area contributed by atoms with Gasteiger partial charge < -0.3 is 0 Å². The molecule has 1 atom stereocenters. The van der Waals surface area contributed by atoms with Gasteiger partial charge >= 0.3 is 0 Å². The maximum Gasteiger partial charge on any atom is 0.0968 e. The highest BCUT2D eigenvalue weighted by Gasteiger charge is 2.24. The molecule has 0 aliphatic heterocycles. The lowest BCUT2D eigenvalue weighted by Gasteiger charge is -2.26. The Hall–Kier alpha value is 0.110. The summed E-state index contributed by atoms with van der Waals surface area (Å²) in [5.41, 5.74) is 0. The first kappa shape index (κ1) is 7.22. The lowest BCUT2D eigenvalue weighted by Crippen LogP contribution is -2.32. The summed E-state index contributed by atoms with van der Waals surface area (Å²) >= 11 is 0. The second kappa shape index (κ2) is 2.80. The van der Waals surface area contributed by atoms with Crippen LogP contribution in [0.15, 0.2) is 0 Å². The maximum atomic E-state index is 11.2. The van der Waals surface area contributed by atoms with Crippen molar-refractivity contribution in [2.24, 2.45) is 0 Å². The minimum atomic E-state index is -0.696. The zero-order chi connectivity index (χ0) is 6.85. The predicted molar refractivity (Wildman–Crippen MR) is 39.5 cm³/mol. The normalized spacial score (nSPS) is 23.9. The van der Waals surface area contributed by atoms with Gasteiger partial charge in [-0.15, -0.1) is 0 Å². The van der Waals surface area contributed by atoms with E-state index < -0.39 is 11.0 Å². The lowest BCUT2D eigenvalue weighted by atomic mass is 10.0. The molecule has 1 unspecified atom stereocenters. The molecule has 0 bridgehead atoms. The van der Waals surface area contributed by atoms with Crippen LogP contribution in [0.1, 0.15) is 19.3 Å². The number of rotatable bonds is 2. The molecule has 0 aromatic carbocycles. The van der Waals surface area contributed by atoms with E-state index in [2.05, 4.69) is 0 Å². The lowest BCUT2D eigenvalue weighted by molar-refractivity contribution is 0.480.